The third kappa shape index (κ3) is 4.54. The average Bonchev–Trinajstić information content (AvgIpc) is 2.88. The molecule has 3 rings (SSSR count). The first-order valence-electron chi connectivity index (χ1n) is 8.76. The molecule has 0 atom stereocenters. The van der Waals surface area contributed by atoms with E-state index in [0.717, 1.165) is 28.1 Å². The Morgan fingerprint density at radius 3 is 2.65 bits per heavy atom. The van der Waals surface area contributed by atoms with Gasteiger partial charge in [0.1, 0.15) is 15.7 Å². The SMILES string of the molecule is Cc1nc(SCC(=O)NC(=O)NC(C)(C)C)c2c3c(sc2n1)CCCC3. The third-order valence-electron chi connectivity index (χ3n) is 3.97. The zero-order valence-electron chi connectivity index (χ0n) is 15.6. The molecule has 140 valence electrons. The fourth-order valence-corrected chi connectivity index (χ4v) is 5.27. The smallest absolute Gasteiger partial charge is 0.321 e. The monoisotopic (exact) mass is 392 g/mol. The van der Waals surface area contributed by atoms with E-state index < -0.39 is 6.03 Å². The highest BCUT2D eigenvalue weighted by molar-refractivity contribution is 8.00. The lowest BCUT2D eigenvalue weighted by molar-refractivity contribution is -0.117. The number of hydrogen-bond acceptors (Lipinski definition) is 6. The van der Waals surface area contributed by atoms with Crippen molar-refractivity contribution in [2.75, 3.05) is 5.75 Å². The Hall–Kier alpha value is -1.67. The Morgan fingerprint density at radius 2 is 1.92 bits per heavy atom. The highest BCUT2D eigenvalue weighted by Crippen LogP contribution is 2.39. The number of carbonyl (C=O) groups excluding carboxylic acids is 2. The van der Waals surface area contributed by atoms with Gasteiger partial charge in [0.2, 0.25) is 5.91 Å². The number of urea groups is 1. The van der Waals surface area contributed by atoms with Crippen molar-refractivity contribution >= 4 is 45.3 Å². The van der Waals surface area contributed by atoms with Crippen LogP contribution < -0.4 is 10.6 Å². The predicted molar refractivity (Wildman–Crippen MR) is 106 cm³/mol. The van der Waals surface area contributed by atoms with Crippen LogP contribution >= 0.6 is 23.1 Å². The van der Waals surface area contributed by atoms with Crippen LogP contribution in [-0.2, 0) is 17.6 Å². The van der Waals surface area contributed by atoms with Crippen molar-refractivity contribution in [3.8, 4) is 0 Å². The Labute approximate surface area is 161 Å². The Morgan fingerprint density at radius 1 is 1.19 bits per heavy atom. The lowest BCUT2D eigenvalue weighted by atomic mass is 9.97. The number of thiophene rings is 1. The van der Waals surface area contributed by atoms with Gasteiger partial charge >= 0.3 is 6.03 Å². The summed E-state index contributed by atoms with van der Waals surface area (Å²) in [5.41, 5.74) is 0.966. The van der Waals surface area contributed by atoms with E-state index in [2.05, 4.69) is 20.6 Å². The molecule has 1 aliphatic carbocycles. The van der Waals surface area contributed by atoms with Crippen molar-refractivity contribution in [3.63, 3.8) is 0 Å². The quantitative estimate of drug-likeness (QED) is 0.616. The molecule has 1 aliphatic rings. The summed E-state index contributed by atoms with van der Waals surface area (Å²) in [5, 5.41) is 7.04. The number of amides is 3. The zero-order valence-corrected chi connectivity index (χ0v) is 17.2. The largest absolute Gasteiger partial charge is 0.333 e. The van der Waals surface area contributed by atoms with Crippen LogP contribution in [0, 0.1) is 6.92 Å². The Bertz CT molecular complexity index is 855. The van der Waals surface area contributed by atoms with Gasteiger partial charge in [0.25, 0.3) is 0 Å². The van der Waals surface area contributed by atoms with Gasteiger partial charge in [0.15, 0.2) is 0 Å². The van der Waals surface area contributed by atoms with Crippen LogP contribution in [0.2, 0.25) is 0 Å². The normalized spacial score (nSPS) is 14.2. The number of aryl methyl sites for hydroxylation is 3. The second kappa shape index (κ2) is 7.52. The molecule has 2 aromatic heterocycles. The number of aromatic nitrogens is 2. The molecule has 0 radical (unpaired) electrons. The molecule has 2 N–H and O–H groups in total. The molecule has 8 heteroatoms. The molecule has 0 aliphatic heterocycles. The highest BCUT2D eigenvalue weighted by atomic mass is 32.2. The van der Waals surface area contributed by atoms with Gasteiger partial charge in [-0.15, -0.1) is 11.3 Å². The molecule has 0 aromatic carbocycles. The van der Waals surface area contributed by atoms with Gasteiger partial charge < -0.3 is 5.32 Å². The molecular formula is C18H24N4O2S2. The van der Waals surface area contributed by atoms with Crippen molar-refractivity contribution in [2.24, 2.45) is 0 Å². The van der Waals surface area contributed by atoms with Crippen molar-refractivity contribution < 1.29 is 9.59 Å². The molecule has 0 bridgehead atoms. The van der Waals surface area contributed by atoms with E-state index in [0.29, 0.717) is 5.82 Å². The van der Waals surface area contributed by atoms with Crippen LogP contribution in [0.25, 0.3) is 10.2 Å². The van der Waals surface area contributed by atoms with Crippen LogP contribution in [0.1, 0.15) is 49.9 Å². The van der Waals surface area contributed by atoms with E-state index in [-0.39, 0.29) is 17.2 Å². The van der Waals surface area contributed by atoms with E-state index in [1.54, 1.807) is 11.3 Å². The minimum absolute atomic E-state index is 0.147. The van der Waals surface area contributed by atoms with Crippen LogP contribution in [0.5, 0.6) is 0 Å². The molecule has 0 spiro atoms. The number of thioether (sulfide) groups is 1. The molecule has 0 saturated carbocycles. The highest BCUT2D eigenvalue weighted by Gasteiger charge is 2.22. The van der Waals surface area contributed by atoms with Crippen molar-refractivity contribution in [1.29, 1.82) is 0 Å². The first kappa shape index (κ1) is 19.1. The van der Waals surface area contributed by atoms with Crippen LogP contribution in [-0.4, -0.2) is 33.2 Å². The number of rotatable bonds is 3. The standard InChI is InChI=1S/C18H24N4O2S2/c1-10-19-15(25-9-13(23)21-17(24)22-18(2,3)4)14-11-7-5-6-8-12(11)26-16(14)20-10/h5-9H2,1-4H3,(H2,21,22,23,24). The van der Waals surface area contributed by atoms with Gasteiger partial charge in [-0.1, -0.05) is 11.8 Å². The molecule has 0 fully saturated rings. The summed E-state index contributed by atoms with van der Waals surface area (Å²) >= 11 is 3.12. The van der Waals surface area contributed by atoms with Crippen molar-refractivity contribution in [2.45, 2.75) is 63.9 Å². The Balaban J connectivity index is 1.73. The zero-order chi connectivity index (χ0) is 18.9. The summed E-state index contributed by atoms with van der Waals surface area (Å²) in [5.74, 6) is 0.531. The Kier molecular flexibility index (Phi) is 5.53. The first-order chi connectivity index (χ1) is 12.2. The summed E-state index contributed by atoms with van der Waals surface area (Å²) in [6, 6.07) is -0.472. The number of carbonyl (C=O) groups is 2. The lowest BCUT2D eigenvalue weighted by Gasteiger charge is -2.20. The molecule has 0 unspecified atom stereocenters. The maximum atomic E-state index is 12.1. The van der Waals surface area contributed by atoms with Crippen LogP contribution in [0.3, 0.4) is 0 Å². The maximum absolute atomic E-state index is 12.1. The van der Waals surface area contributed by atoms with E-state index in [9.17, 15) is 9.59 Å². The van der Waals surface area contributed by atoms with Gasteiger partial charge in [-0.3, -0.25) is 10.1 Å². The first-order valence-corrected chi connectivity index (χ1v) is 10.6. The molecule has 0 saturated heterocycles. The number of nitrogens with zero attached hydrogens (tertiary/aromatic N) is 2. The van der Waals surface area contributed by atoms with Gasteiger partial charge in [-0.05, 0) is 58.9 Å². The van der Waals surface area contributed by atoms with Gasteiger partial charge in [-0.25, -0.2) is 14.8 Å². The van der Waals surface area contributed by atoms with Gasteiger partial charge in [0.05, 0.1) is 5.75 Å². The minimum atomic E-state index is -0.472. The lowest BCUT2D eigenvalue weighted by Crippen LogP contribution is -2.48. The van der Waals surface area contributed by atoms with Crippen molar-refractivity contribution in [1.82, 2.24) is 20.6 Å². The molecule has 26 heavy (non-hydrogen) atoms. The second-order valence-corrected chi connectivity index (χ2v) is 9.56. The summed E-state index contributed by atoms with van der Waals surface area (Å²) in [4.78, 5) is 35.5. The molecule has 3 amide bonds. The molecule has 2 aromatic rings. The van der Waals surface area contributed by atoms with E-state index in [4.69, 9.17) is 0 Å². The van der Waals surface area contributed by atoms with E-state index in [1.165, 1.54) is 35.0 Å². The van der Waals surface area contributed by atoms with Gasteiger partial charge in [-0.2, -0.15) is 0 Å². The van der Waals surface area contributed by atoms with Crippen LogP contribution in [0.15, 0.2) is 5.03 Å². The van der Waals surface area contributed by atoms with Gasteiger partial charge in [0, 0.05) is 15.8 Å². The predicted octanol–water partition coefficient (Wildman–Crippen LogP) is 3.59. The average molecular weight is 393 g/mol. The maximum Gasteiger partial charge on any atom is 0.321 e. The summed E-state index contributed by atoms with van der Waals surface area (Å²) < 4.78 is 0. The fourth-order valence-electron chi connectivity index (χ4n) is 3.00. The second-order valence-electron chi connectivity index (χ2n) is 7.51. The van der Waals surface area contributed by atoms with E-state index >= 15 is 0 Å². The number of imide groups is 1. The minimum Gasteiger partial charge on any atom is -0.333 e. The number of fused-ring (bicyclic) bond motifs is 3. The number of nitrogens with one attached hydrogen (secondary N) is 2. The molecule has 2 heterocycles. The molecule has 6 nitrogen and oxygen atoms in total. The number of hydrogen-bond donors (Lipinski definition) is 2. The van der Waals surface area contributed by atoms with Crippen LogP contribution in [0.4, 0.5) is 4.79 Å². The van der Waals surface area contributed by atoms with Crippen molar-refractivity contribution in [3.05, 3.63) is 16.3 Å². The topological polar surface area (TPSA) is 84.0 Å². The van der Waals surface area contributed by atoms with E-state index in [1.807, 2.05) is 27.7 Å². The molecular weight excluding hydrogens is 368 g/mol. The third-order valence-corrected chi connectivity index (χ3v) is 6.14. The summed E-state index contributed by atoms with van der Waals surface area (Å²) in [7, 11) is 0. The summed E-state index contributed by atoms with van der Waals surface area (Å²) in [6.07, 6.45) is 4.56. The summed E-state index contributed by atoms with van der Waals surface area (Å²) in [6.45, 7) is 7.48. The fraction of sp³-hybridized carbons (Fsp3) is 0.556.